The minimum absolute atomic E-state index is 0.240. The molecular weight excluding hydrogens is 153 g/mol. The highest BCUT2D eigenvalue weighted by Gasteiger charge is 2.11. The Bertz CT molecular complexity index is 130. The monoisotopic (exact) mass is 173 g/mol. The summed E-state index contributed by atoms with van der Waals surface area (Å²) in [4.78, 5) is 0. The van der Waals surface area contributed by atoms with Crippen LogP contribution < -0.4 is 5.73 Å². The molecule has 66 valence electrons. The first kappa shape index (κ1) is 11.1. The van der Waals surface area contributed by atoms with Crippen molar-refractivity contribution in [3.8, 4) is 0 Å². The van der Waals surface area contributed by atoms with Gasteiger partial charge < -0.3 is 5.73 Å². The van der Waals surface area contributed by atoms with E-state index in [1.165, 1.54) is 5.57 Å². The van der Waals surface area contributed by atoms with E-state index in [1.54, 1.807) is 0 Å². The molecule has 0 aliphatic rings. The predicted molar refractivity (Wildman–Crippen MR) is 55.7 cm³/mol. The van der Waals surface area contributed by atoms with Crippen LogP contribution in [-0.4, -0.2) is 11.7 Å². The zero-order chi connectivity index (χ0) is 9.02. The van der Waals surface area contributed by atoms with Crippen molar-refractivity contribution in [3.63, 3.8) is 0 Å². The van der Waals surface area contributed by atoms with Crippen molar-refractivity contribution in [1.82, 2.24) is 0 Å². The number of nitrogens with two attached hydrogens (primary N) is 1. The third kappa shape index (κ3) is 4.55. The van der Waals surface area contributed by atoms with E-state index in [0.717, 1.165) is 6.42 Å². The summed E-state index contributed by atoms with van der Waals surface area (Å²) in [5, 5.41) is 0. The maximum absolute atomic E-state index is 5.66. The van der Waals surface area contributed by atoms with Crippen molar-refractivity contribution in [2.75, 3.05) is 0 Å². The molecule has 2 N–H and O–H groups in total. The van der Waals surface area contributed by atoms with Crippen molar-refractivity contribution < 1.29 is 0 Å². The van der Waals surface area contributed by atoms with Crippen LogP contribution in [0.3, 0.4) is 0 Å². The van der Waals surface area contributed by atoms with Crippen LogP contribution in [0.1, 0.15) is 27.2 Å². The summed E-state index contributed by atoms with van der Waals surface area (Å²) in [5.41, 5.74) is 7.43. The molecule has 0 saturated heterocycles. The number of rotatable bonds is 4. The van der Waals surface area contributed by atoms with E-state index < -0.39 is 0 Å². The molecule has 0 heterocycles. The lowest BCUT2D eigenvalue weighted by Gasteiger charge is -2.19. The molecule has 0 spiro atoms. The molecule has 0 fully saturated rings. The lowest BCUT2D eigenvalue weighted by atomic mass is 9.98. The summed E-state index contributed by atoms with van der Waals surface area (Å²) in [6.45, 7) is 10.4. The molecule has 3 unspecified atom stereocenters. The Hall–Kier alpha value is 0.130. The minimum atomic E-state index is 0.240. The quantitative estimate of drug-likeness (QED) is 0.511. The van der Waals surface area contributed by atoms with Crippen molar-refractivity contribution >= 4 is 9.24 Å². The molecule has 0 aliphatic carbocycles. The Labute approximate surface area is 72.6 Å². The van der Waals surface area contributed by atoms with Crippen molar-refractivity contribution in [3.05, 3.63) is 12.2 Å². The van der Waals surface area contributed by atoms with Crippen LogP contribution in [0.25, 0.3) is 0 Å². The van der Waals surface area contributed by atoms with Gasteiger partial charge >= 0.3 is 0 Å². The van der Waals surface area contributed by atoms with Gasteiger partial charge in [-0.2, -0.15) is 0 Å². The summed E-state index contributed by atoms with van der Waals surface area (Å²) in [7, 11) is 2.82. The van der Waals surface area contributed by atoms with E-state index in [0.29, 0.717) is 11.6 Å². The smallest absolute Gasteiger partial charge is 0.00478 e. The third-order valence-electron chi connectivity index (χ3n) is 1.77. The topological polar surface area (TPSA) is 26.0 Å². The molecule has 1 nitrogen and oxygen atoms in total. The van der Waals surface area contributed by atoms with Crippen LogP contribution in [0.2, 0.25) is 0 Å². The van der Waals surface area contributed by atoms with Crippen LogP contribution in [0.5, 0.6) is 0 Å². The van der Waals surface area contributed by atoms with Gasteiger partial charge in [-0.1, -0.05) is 26.0 Å². The molecule has 0 saturated carbocycles. The Kier molecular flexibility index (Phi) is 4.96. The molecule has 0 aromatic rings. The molecule has 2 heteroatoms. The van der Waals surface area contributed by atoms with Gasteiger partial charge in [-0.3, -0.25) is 0 Å². The molecule has 0 rings (SSSR count). The summed E-state index contributed by atoms with van der Waals surface area (Å²) >= 11 is 0. The van der Waals surface area contributed by atoms with Gasteiger partial charge in [-0.15, -0.1) is 9.24 Å². The van der Waals surface area contributed by atoms with Crippen LogP contribution in [-0.2, 0) is 0 Å². The van der Waals surface area contributed by atoms with Crippen molar-refractivity contribution in [1.29, 1.82) is 0 Å². The van der Waals surface area contributed by atoms with E-state index in [-0.39, 0.29) is 6.04 Å². The molecule has 0 radical (unpaired) electrons. The van der Waals surface area contributed by atoms with Crippen LogP contribution in [0.4, 0.5) is 0 Å². The average Bonchev–Trinajstić information content (AvgIpc) is 1.84. The summed E-state index contributed by atoms with van der Waals surface area (Å²) < 4.78 is 0. The third-order valence-corrected chi connectivity index (χ3v) is 3.02. The molecule has 0 aliphatic heterocycles. The van der Waals surface area contributed by atoms with Crippen LogP contribution >= 0.6 is 9.24 Å². The Morgan fingerprint density at radius 1 is 1.45 bits per heavy atom. The largest absolute Gasteiger partial charge is 0.328 e. The lowest BCUT2D eigenvalue weighted by Crippen LogP contribution is -2.20. The Morgan fingerprint density at radius 3 is 2.18 bits per heavy atom. The molecule has 0 aromatic heterocycles. The van der Waals surface area contributed by atoms with Gasteiger partial charge in [0.05, 0.1) is 0 Å². The van der Waals surface area contributed by atoms with Crippen molar-refractivity contribution in [2.24, 2.45) is 11.7 Å². The van der Waals surface area contributed by atoms with E-state index in [9.17, 15) is 0 Å². The number of hydrogen-bond donors (Lipinski definition) is 1. The molecule has 0 aromatic carbocycles. The summed E-state index contributed by atoms with van der Waals surface area (Å²) in [5.74, 6) is 0.645. The molecule has 11 heavy (non-hydrogen) atoms. The normalized spacial score (nSPS) is 16.5. The molecular formula is C9H20NP. The van der Waals surface area contributed by atoms with Gasteiger partial charge in [0.1, 0.15) is 0 Å². The standard InChI is InChI=1S/C9H20NP/c1-6(2)9(11)7(3)5-8(4)10/h6,8-9H,3,5,10-11H2,1-2,4H3. The summed E-state index contributed by atoms with van der Waals surface area (Å²) in [6, 6.07) is 0.240. The van der Waals surface area contributed by atoms with E-state index in [1.807, 2.05) is 6.92 Å². The van der Waals surface area contributed by atoms with Crippen LogP contribution in [0.15, 0.2) is 12.2 Å². The fourth-order valence-corrected chi connectivity index (χ4v) is 1.16. The highest BCUT2D eigenvalue weighted by molar-refractivity contribution is 7.18. The van der Waals surface area contributed by atoms with Gasteiger partial charge in [0.2, 0.25) is 0 Å². The SMILES string of the molecule is C=C(CC(C)N)C(P)C(C)C. The Balaban J connectivity index is 3.83. The summed E-state index contributed by atoms with van der Waals surface area (Å²) in [6.07, 6.45) is 0.937. The van der Waals surface area contributed by atoms with Gasteiger partial charge in [0.15, 0.2) is 0 Å². The first-order chi connectivity index (χ1) is 4.95. The highest BCUT2D eigenvalue weighted by atomic mass is 31.0. The maximum Gasteiger partial charge on any atom is 0.00478 e. The zero-order valence-corrected chi connectivity index (χ0v) is 8.96. The number of hydrogen-bond acceptors (Lipinski definition) is 1. The fourth-order valence-electron chi connectivity index (χ4n) is 1.02. The molecule has 0 amide bonds. The second-order valence-electron chi connectivity index (χ2n) is 3.61. The fraction of sp³-hybridized carbons (Fsp3) is 0.778. The zero-order valence-electron chi connectivity index (χ0n) is 7.80. The first-order valence-corrected chi connectivity index (χ1v) is 4.80. The average molecular weight is 173 g/mol. The highest BCUT2D eigenvalue weighted by Crippen LogP contribution is 2.22. The van der Waals surface area contributed by atoms with Gasteiger partial charge in [0, 0.05) is 6.04 Å². The van der Waals surface area contributed by atoms with E-state index in [2.05, 4.69) is 29.7 Å². The molecule has 0 bridgehead atoms. The predicted octanol–water partition coefficient (Wildman–Crippen LogP) is 2.18. The van der Waals surface area contributed by atoms with Gasteiger partial charge in [-0.25, -0.2) is 0 Å². The van der Waals surface area contributed by atoms with E-state index in [4.69, 9.17) is 5.73 Å². The van der Waals surface area contributed by atoms with Crippen LogP contribution in [0, 0.1) is 5.92 Å². The minimum Gasteiger partial charge on any atom is -0.328 e. The van der Waals surface area contributed by atoms with Gasteiger partial charge in [0.25, 0.3) is 0 Å². The van der Waals surface area contributed by atoms with Crippen molar-refractivity contribution in [2.45, 2.75) is 38.9 Å². The second-order valence-corrected chi connectivity index (χ2v) is 4.33. The Morgan fingerprint density at radius 2 is 1.91 bits per heavy atom. The second kappa shape index (κ2) is 4.90. The molecule has 3 atom stereocenters. The maximum atomic E-state index is 5.66. The lowest BCUT2D eigenvalue weighted by molar-refractivity contribution is 0.617. The van der Waals surface area contributed by atoms with Gasteiger partial charge in [-0.05, 0) is 24.9 Å². The first-order valence-electron chi connectivity index (χ1n) is 4.14. The van der Waals surface area contributed by atoms with E-state index >= 15 is 0 Å².